The van der Waals surface area contributed by atoms with E-state index in [1.165, 1.54) is 6.40 Å². The summed E-state index contributed by atoms with van der Waals surface area (Å²) >= 11 is 0. The third kappa shape index (κ3) is 1.59. The zero-order valence-corrected chi connectivity index (χ0v) is 6.50. The molecule has 0 bridgehead atoms. The minimum atomic E-state index is -0.101. The van der Waals surface area contributed by atoms with Gasteiger partial charge in [0.2, 0.25) is 0 Å². The van der Waals surface area contributed by atoms with Gasteiger partial charge >= 0.3 is 0 Å². The summed E-state index contributed by atoms with van der Waals surface area (Å²) < 4.78 is 5.33. The van der Waals surface area contributed by atoms with Crippen molar-refractivity contribution < 1.29 is 4.74 Å². The quantitative estimate of drug-likeness (QED) is 0.574. The maximum absolute atomic E-state index is 5.33. The van der Waals surface area contributed by atoms with Crippen LogP contribution in [0.15, 0.2) is 17.3 Å². The van der Waals surface area contributed by atoms with Gasteiger partial charge in [-0.25, -0.2) is 4.99 Å². The average Bonchev–Trinajstić information content (AvgIpc) is 1.89. The van der Waals surface area contributed by atoms with Gasteiger partial charge in [0.15, 0.2) is 6.40 Å². The van der Waals surface area contributed by atoms with Crippen molar-refractivity contribution in [2.45, 2.75) is 32.3 Å². The molecule has 1 aliphatic heterocycles. The molecule has 0 saturated carbocycles. The molecule has 0 saturated heterocycles. The second-order valence-corrected chi connectivity index (χ2v) is 2.75. The summed E-state index contributed by atoms with van der Waals surface area (Å²) in [5.74, 6) is 0. The lowest BCUT2D eigenvalue weighted by Gasteiger charge is -2.25. The Kier molecular flexibility index (Phi) is 2.10. The summed E-state index contributed by atoms with van der Waals surface area (Å²) in [5, 5.41) is 0. The van der Waals surface area contributed by atoms with E-state index in [2.05, 4.69) is 18.8 Å². The number of ether oxygens (including phenoxy) is 1. The van der Waals surface area contributed by atoms with Gasteiger partial charge in [-0.3, -0.25) is 0 Å². The second-order valence-electron chi connectivity index (χ2n) is 2.75. The Hall–Kier alpha value is -0.790. The summed E-state index contributed by atoms with van der Waals surface area (Å²) in [7, 11) is 0. The molecule has 1 atom stereocenters. The van der Waals surface area contributed by atoms with Crippen LogP contribution < -0.4 is 0 Å². The molecule has 0 fully saturated rings. The molecule has 1 unspecified atom stereocenters. The van der Waals surface area contributed by atoms with Gasteiger partial charge in [0.05, 0.1) is 0 Å². The first-order chi connectivity index (χ1) is 4.77. The molecular formula is C8H13NO. The molecule has 0 aromatic rings. The van der Waals surface area contributed by atoms with E-state index in [0.717, 1.165) is 12.8 Å². The van der Waals surface area contributed by atoms with E-state index in [-0.39, 0.29) is 5.60 Å². The van der Waals surface area contributed by atoms with Crippen LogP contribution in [0.5, 0.6) is 0 Å². The Morgan fingerprint density at radius 2 is 2.40 bits per heavy atom. The molecule has 0 aliphatic carbocycles. The fraction of sp³-hybridized carbons (Fsp3) is 0.625. The molecule has 10 heavy (non-hydrogen) atoms. The van der Waals surface area contributed by atoms with Crippen molar-refractivity contribution in [2.75, 3.05) is 0 Å². The van der Waals surface area contributed by atoms with Gasteiger partial charge in [-0.05, 0) is 19.4 Å². The number of hydrogen-bond donors (Lipinski definition) is 0. The van der Waals surface area contributed by atoms with Gasteiger partial charge in [-0.2, -0.15) is 0 Å². The zero-order chi connectivity index (χ0) is 7.45. The second kappa shape index (κ2) is 2.86. The van der Waals surface area contributed by atoms with Gasteiger partial charge in [-0.1, -0.05) is 13.3 Å². The highest BCUT2D eigenvalue weighted by Gasteiger charge is 2.21. The Morgan fingerprint density at radius 3 is 2.90 bits per heavy atom. The molecule has 0 aromatic heterocycles. The van der Waals surface area contributed by atoms with Crippen LogP contribution in [0.4, 0.5) is 0 Å². The molecule has 0 spiro atoms. The van der Waals surface area contributed by atoms with Crippen molar-refractivity contribution >= 4 is 6.40 Å². The van der Waals surface area contributed by atoms with Crippen LogP contribution in [0.1, 0.15) is 26.7 Å². The van der Waals surface area contributed by atoms with Crippen molar-refractivity contribution in [1.29, 1.82) is 0 Å². The van der Waals surface area contributed by atoms with Crippen LogP contribution in [-0.2, 0) is 4.74 Å². The highest BCUT2D eigenvalue weighted by molar-refractivity contribution is 5.50. The summed E-state index contributed by atoms with van der Waals surface area (Å²) in [6.45, 7) is 4.21. The monoisotopic (exact) mass is 139 g/mol. The van der Waals surface area contributed by atoms with Crippen LogP contribution >= 0.6 is 0 Å². The molecular weight excluding hydrogens is 126 g/mol. The molecule has 2 heteroatoms. The van der Waals surface area contributed by atoms with E-state index in [1.807, 2.05) is 6.08 Å². The van der Waals surface area contributed by atoms with E-state index < -0.39 is 0 Å². The van der Waals surface area contributed by atoms with Crippen LogP contribution in [0.3, 0.4) is 0 Å². The van der Waals surface area contributed by atoms with Crippen LogP contribution in [-0.4, -0.2) is 12.0 Å². The first-order valence-corrected chi connectivity index (χ1v) is 3.64. The molecule has 0 amide bonds. The Morgan fingerprint density at radius 1 is 1.60 bits per heavy atom. The molecule has 2 nitrogen and oxygen atoms in total. The largest absolute Gasteiger partial charge is 0.473 e. The smallest absolute Gasteiger partial charge is 0.175 e. The van der Waals surface area contributed by atoms with Gasteiger partial charge in [0.1, 0.15) is 5.60 Å². The van der Waals surface area contributed by atoms with Gasteiger partial charge in [0.25, 0.3) is 0 Å². The summed E-state index contributed by atoms with van der Waals surface area (Å²) in [5.41, 5.74) is -0.101. The Balaban J connectivity index is 2.52. The van der Waals surface area contributed by atoms with E-state index in [4.69, 9.17) is 4.74 Å². The summed E-state index contributed by atoms with van der Waals surface area (Å²) in [4.78, 5) is 3.83. The molecule has 1 heterocycles. The van der Waals surface area contributed by atoms with Gasteiger partial charge < -0.3 is 4.74 Å². The molecule has 1 aliphatic rings. The highest BCUT2D eigenvalue weighted by atomic mass is 16.5. The van der Waals surface area contributed by atoms with E-state index in [9.17, 15) is 0 Å². The first kappa shape index (κ1) is 7.32. The standard InChI is InChI=1S/C8H13NO/c1-3-4-8(2)5-6-9-7-10-8/h5-7H,3-4H2,1-2H3. The lowest BCUT2D eigenvalue weighted by atomic mass is 10.0. The average molecular weight is 139 g/mol. The van der Waals surface area contributed by atoms with Crippen molar-refractivity contribution in [2.24, 2.45) is 4.99 Å². The van der Waals surface area contributed by atoms with Gasteiger partial charge in [-0.15, -0.1) is 0 Å². The molecule has 1 rings (SSSR count). The SMILES string of the molecule is CCCC1(C)C=CN=CO1. The third-order valence-corrected chi connectivity index (χ3v) is 1.64. The van der Waals surface area contributed by atoms with Crippen LogP contribution in [0, 0.1) is 0 Å². The summed E-state index contributed by atoms with van der Waals surface area (Å²) in [6.07, 6.45) is 7.48. The number of rotatable bonds is 2. The van der Waals surface area contributed by atoms with Crippen molar-refractivity contribution in [3.05, 3.63) is 12.3 Å². The summed E-state index contributed by atoms with van der Waals surface area (Å²) in [6, 6.07) is 0. The molecule has 0 radical (unpaired) electrons. The molecule has 0 N–H and O–H groups in total. The third-order valence-electron chi connectivity index (χ3n) is 1.64. The van der Waals surface area contributed by atoms with Crippen molar-refractivity contribution in [1.82, 2.24) is 0 Å². The van der Waals surface area contributed by atoms with Crippen LogP contribution in [0.2, 0.25) is 0 Å². The van der Waals surface area contributed by atoms with Crippen molar-refractivity contribution in [3.8, 4) is 0 Å². The number of aliphatic imine (C=N–C) groups is 1. The lowest BCUT2D eigenvalue weighted by Crippen LogP contribution is -2.26. The Bertz CT molecular complexity index is 163. The van der Waals surface area contributed by atoms with E-state index in [1.54, 1.807) is 6.20 Å². The predicted octanol–water partition coefficient (Wildman–Crippen LogP) is 2.12. The maximum Gasteiger partial charge on any atom is 0.175 e. The van der Waals surface area contributed by atoms with E-state index in [0.29, 0.717) is 0 Å². The normalized spacial score (nSPS) is 30.2. The van der Waals surface area contributed by atoms with Gasteiger partial charge in [0, 0.05) is 6.20 Å². The van der Waals surface area contributed by atoms with Crippen molar-refractivity contribution in [3.63, 3.8) is 0 Å². The minimum Gasteiger partial charge on any atom is -0.473 e. The Labute approximate surface area is 61.6 Å². The van der Waals surface area contributed by atoms with E-state index >= 15 is 0 Å². The lowest BCUT2D eigenvalue weighted by molar-refractivity contribution is 0.121. The predicted molar refractivity (Wildman–Crippen MR) is 42.0 cm³/mol. The first-order valence-electron chi connectivity index (χ1n) is 3.64. The zero-order valence-electron chi connectivity index (χ0n) is 6.50. The van der Waals surface area contributed by atoms with Crippen LogP contribution in [0.25, 0.3) is 0 Å². The molecule has 56 valence electrons. The fourth-order valence-corrected chi connectivity index (χ4v) is 1.06. The maximum atomic E-state index is 5.33. The highest BCUT2D eigenvalue weighted by Crippen LogP contribution is 2.20. The number of nitrogens with zero attached hydrogens (tertiary/aromatic N) is 1. The number of hydrogen-bond acceptors (Lipinski definition) is 2. The molecule has 0 aromatic carbocycles. The topological polar surface area (TPSA) is 21.6 Å². The minimum absolute atomic E-state index is 0.101. The fourth-order valence-electron chi connectivity index (χ4n) is 1.06.